The number of nitrogens with zero attached hydrogens (tertiary/aromatic N) is 2. The van der Waals surface area contributed by atoms with Crippen LogP contribution < -0.4 is 9.64 Å². The number of ether oxygens (including phenoxy) is 1. The Labute approximate surface area is 311 Å². The highest BCUT2D eigenvalue weighted by Crippen LogP contribution is 2.67. The van der Waals surface area contributed by atoms with E-state index in [-0.39, 0.29) is 0 Å². The Hall–Kier alpha value is -7.17. The number of hydrogen-bond acceptors (Lipinski definition) is 4. The van der Waals surface area contributed by atoms with Crippen molar-refractivity contribution in [1.82, 2.24) is 4.98 Å². The number of allylic oxidation sites excluding steroid dienone is 1. The molecule has 1 aliphatic heterocycles. The van der Waals surface area contributed by atoms with Gasteiger partial charge in [-0.3, -0.25) is 0 Å². The van der Waals surface area contributed by atoms with Crippen LogP contribution in [0.4, 0.5) is 11.4 Å². The zero-order valence-corrected chi connectivity index (χ0v) is 29.0. The Balaban J connectivity index is 1.20. The van der Waals surface area contributed by atoms with Gasteiger partial charge < -0.3 is 14.1 Å². The second kappa shape index (κ2) is 10.9. The lowest BCUT2D eigenvalue weighted by Gasteiger charge is -2.36. The zero-order chi connectivity index (χ0) is 35.4. The predicted octanol–water partition coefficient (Wildman–Crippen LogP) is 12.5. The summed E-state index contributed by atoms with van der Waals surface area (Å²) in [5.41, 5.74) is 12.7. The molecule has 0 N–H and O–H groups in total. The van der Waals surface area contributed by atoms with Gasteiger partial charge >= 0.3 is 0 Å². The normalized spacial score (nSPS) is 16.3. The Bertz CT molecular complexity index is 3030. The van der Waals surface area contributed by atoms with Gasteiger partial charge in [-0.05, 0) is 64.0 Å². The molecule has 1 atom stereocenters. The third-order valence-corrected chi connectivity index (χ3v) is 11.4. The fourth-order valence-corrected chi connectivity index (χ4v) is 9.26. The molecule has 1 unspecified atom stereocenters. The highest BCUT2D eigenvalue weighted by molar-refractivity contribution is 6.09. The zero-order valence-electron chi connectivity index (χ0n) is 29.0. The van der Waals surface area contributed by atoms with Gasteiger partial charge in [-0.1, -0.05) is 146 Å². The molecule has 4 nitrogen and oxygen atoms in total. The van der Waals surface area contributed by atoms with E-state index in [0.717, 1.165) is 106 Å². The number of fused-ring (bicyclic) bond motifs is 13. The molecule has 1 spiro atoms. The fraction of sp³-hybridized carbons (Fsp3) is 0.0200. The molecule has 3 heterocycles. The number of rotatable bonds is 3. The van der Waals surface area contributed by atoms with Crippen LogP contribution in [0.2, 0.25) is 0 Å². The largest absolute Gasteiger partial charge is 0.459 e. The molecule has 0 amide bonds. The topological polar surface area (TPSA) is 38.5 Å². The first-order valence-corrected chi connectivity index (χ1v) is 18.4. The molecule has 2 aliphatic carbocycles. The van der Waals surface area contributed by atoms with Crippen molar-refractivity contribution in [2.24, 2.45) is 0 Å². The second-order valence-electron chi connectivity index (χ2n) is 14.2. The molecule has 0 saturated carbocycles. The van der Waals surface area contributed by atoms with Crippen molar-refractivity contribution in [3.8, 4) is 39.4 Å². The predicted molar refractivity (Wildman–Crippen MR) is 217 cm³/mol. The summed E-state index contributed by atoms with van der Waals surface area (Å²) in [5.74, 6) is 2.53. The first-order chi connectivity index (χ1) is 26.8. The number of aromatic nitrogens is 1. The van der Waals surface area contributed by atoms with Crippen molar-refractivity contribution in [3.05, 3.63) is 210 Å². The van der Waals surface area contributed by atoms with Gasteiger partial charge in [0, 0.05) is 27.6 Å². The summed E-state index contributed by atoms with van der Waals surface area (Å²) in [7, 11) is 0. The summed E-state index contributed by atoms with van der Waals surface area (Å²) in [6.07, 6.45) is 0. The van der Waals surface area contributed by atoms with Crippen molar-refractivity contribution in [1.29, 1.82) is 0 Å². The first kappa shape index (κ1) is 29.4. The molecule has 2 aromatic heterocycles. The highest BCUT2D eigenvalue weighted by atomic mass is 16.5. The van der Waals surface area contributed by atoms with Gasteiger partial charge in [0.25, 0.3) is 0 Å². The minimum atomic E-state index is -0.870. The molecule has 252 valence electrons. The maximum Gasteiger partial charge on any atom is 0.152 e. The van der Waals surface area contributed by atoms with Crippen molar-refractivity contribution >= 4 is 38.8 Å². The standard InChI is InChI=1S/C50H30N2O2/c1-3-16-31(17-4-1)46-34-21-8-7-18-32(34)30-40(51-46)36-24-15-26-39-44(36)35-22-9-11-25-38(35)50(39)48-45(37-23-10-13-28-42(37)53-48)47-49(50)54-43-29-14-12-27-41(43)52(47)33-19-5-2-6-20-33/h1-30H. The number of para-hydroxylation sites is 4. The van der Waals surface area contributed by atoms with Crippen molar-refractivity contribution < 1.29 is 9.15 Å². The monoisotopic (exact) mass is 690 g/mol. The smallest absolute Gasteiger partial charge is 0.152 e. The van der Waals surface area contributed by atoms with E-state index in [2.05, 4.69) is 181 Å². The minimum Gasteiger partial charge on any atom is -0.459 e. The molecule has 4 heteroatoms. The average molecular weight is 691 g/mol. The number of hydrogen-bond donors (Lipinski definition) is 0. The molecular formula is C50H30N2O2. The molecule has 12 rings (SSSR count). The third kappa shape index (κ3) is 3.79. The lowest BCUT2D eigenvalue weighted by molar-refractivity contribution is 0.346. The molecule has 0 saturated heterocycles. The molecule has 0 radical (unpaired) electrons. The van der Waals surface area contributed by atoms with Crippen LogP contribution in [0, 0.1) is 0 Å². The van der Waals surface area contributed by atoms with Gasteiger partial charge in [-0.25, -0.2) is 4.98 Å². The van der Waals surface area contributed by atoms with E-state index in [9.17, 15) is 0 Å². The average Bonchev–Trinajstić information content (AvgIpc) is 3.86. The molecular weight excluding hydrogens is 661 g/mol. The molecule has 0 bridgehead atoms. The lowest BCUT2D eigenvalue weighted by Crippen LogP contribution is -2.32. The Morgan fingerprint density at radius 3 is 2.11 bits per heavy atom. The number of benzene rings is 7. The summed E-state index contributed by atoms with van der Waals surface area (Å²) < 4.78 is 14.4. The van der Waals surface area contributed by atoms with Gasteiger partial charge in [-0.15, -0.1) is 0 Å². The van der Waals surface area contributed by atoms with Gasteiger partial charge in [0.05, 0.1) is 28.3 Å². The molecule has 0 fully saturated rings. The Morgan fingerprint density at radius 1 is 0.537 bits per heavy atom. The van der Waals surface area contributed by atoms with Gasteiger partial charge in [0.2, 0.25) is 0 Å². The summed E-state index contributed by atoms with van der Waals surface area (Å²) in [6, 6.07) is 64.1. The van der Waals surface area contributed by atoms with Crippen LogP contribution in [-0.2, 0) is 5.41 Å². The first-order valence-electron chi connectivity index (χ1n) is 18.4. The van der Waals surface area contributed by atoms with Gasteiger partial charge in [0.15, 0.2) is 11.5 Å². The lowest BCUT2D eigenvalue weighted by atomic mass is 9.76. The van der Waals surface area contributed by atoms with Crippen LogP contribution in [0.25, 0.3) is 61.1 Å². The van der Waals surface area contributed by atoms with E-state index in [0.29, 0.717) is 0 Å². The maximum absolute atomic E-state index is 7.29. The van der Waals surface area contributed by atoms with E-state index in [1.165, 1.54) is 0 Å². The fourth-order valence-electron chi connectivity index (χ4n) is 9.26. The van der Waals surface area contributed by atoms with E-state index >= 15 is 0 Å². The molecule has 9 aromatic rings. The summed E-state index contributed by atoms with van der Waals surface area (Å²) in [4.78, 5) is 7.84. The van der Waals surface area contributed by atoms with Gasteiger partial charge in [0.1, 0.15) is 16.8 Å². The van der Waals surface area contributed by atoms with Crippen LogP contribution in [0.5, 0.6) is 5.75 Å². The molecule has 54 heavy (non-hydrogen) atoms. The third-order valence-electron chi connectivity index (χ3n) is 11.4. The maximum atomic E-state index is 7.29. The minimum absolute atomic E-state index is 0.805. The Morgan fingerprint density at radius 2 is 1.22 bits per heavy atom. The van der Waals surface area contributed by atoms with E-state index < -0.39 is 5.41 Å². The van der Waals surface area contributed by atoms with Crippen molar-refractivity contribution in [2.45, 2.75) is 5.41 Å². The highest BCUT2D eigenvalue weighted by Gasteiger charge is 2.61. The molecule has 7 aromatic carbocycles. The summed E-state index contributed by atoms with van der Waals surface area (Å²) in [6.45, 7) is 0. The summed E-state index contributed by atoms with van der Waals surface area (Å²) in [5, 5.41) is 3.34. The quantitative estimate of drug-likeness (QED) is 0.185. The van der Waals surface area contributed by atoms with Crippen molar-refractivity contribution in [2.75, 3.05) is 4.90 Å². The second-order valence-corrected chi connectivity index (χ2v) is 14.2. The van der Waals surface area contributed by atoms with Crippen LogP contribution >= 0.6 is 0 Å². The SMILES string of the molecule is c1ccc(-c2nc(-c3cccc4c3-c3ccccc3C43C4=C(c5c3oc3ccccc53)N(c3ccccc3)c3ccccc3O4)cc3ccccc23)cc1. The van der Waals surface area contributed by atoms with Crippen LogP contribution in [0.15, 0.2) is 192 Å². The van der Waals surface area contributed by atoms with Crippen LogP contribution in [0.1, 0.15) is 22.5 Å². The van der Waals surface area contributed by atoms with Crippen LogP contribution in [0.3, 0.4) is 0 Å². The van der Waals surface area contributed by atoms with Crippen molar-refractivity contribution in [3.63, 3.8) is 0 Å². The Kier molecular flexibility index (Phi) is 5.95. The van der Waals surface area contributed by atoms with Gasteiger partial charge in [-0.2, -0.15) is 0 Å². The number of pyridine rings is 1. The van der Waals surface area contributed by atoms with Crippen LogP contribution in [-0.4, -0.2) is 4.98 Å². The van der Waals surface area contributed by atoms with E-state index in [1.54, 1.807) is 0 Å². The molecule has 3 aliphatic rings. The number of furan rings is 1. The van der Waals surface area contributed by atoms with E-state index in [4.69, 9.17) is 14.1 Å². The summed E-state index contributed by atoms with van der Waals surface area (Å²) >= 11 is 0. The number of anilines is 2. The van der Waals surface area contributed by atoms with E-state index in [1.807, 2.05) is 6.07 Å².